The first kappa shape index (κ1) is 13.3. The second kappa shape index (κ2) is 5.36. The van der Waals surface area contributed by atoms with Crippen LogP contribution in [0.5, 0.6) is 0 Å². The molecule has 0 fully saturated rings. The first-order valence-corrected chi connectivity index (χ1v) is 7.65. The summed E-state index contributed by atoms with van der Waals surface area (Å²) in [6, 6.07) is 0.226. The van der Waals surface area contributed by atoms with Gasteiger partial charge in [-0.05, 0) is 30.0 Å². The molecule has 0 amide bonds. The molecule has 1 aliphatic rings. The van der Waals surface area contributed by atoms with Crippen LogP contribution in [-0.2, 0) is 20.0 Å². The van der Waals surface area contributed by atoms with Crippen LogP contribution >= 0.6 is 34.5 Å². The van der Waals surface area contributed by atoms with Gasteiger partial charge in [-0.25, -0.2) is 0 Å². The summed E-state index contributed by atoms with van der Waals surface area (Å²) in [4.78, 5) is 1.46. The Bertz CT molecular complexity index is 594. The molecule has 0 saturated heterocycles. The first-order valence-electron chi connectivity index (χ1n) is 6.08. The van der Waals surface area contributed by atoms with Crippen molar-refractivity contribution in [2.24, 2.45) is 7.05 Å². The van der Waals surface area contributed by atoms with Crippen LogP contribution < -0.4 is 5.32 Å². The van der Waals surface area contributed by atoms with Crippen molar-refractivity contribution in [2.75, 3.05) is 0 Å². The van der Waals surface area contributed by atoms with Gasteiger partial charge in [0.25, 0.3) is 0 Å². The third-order valence-corrected chi connectivity index (χ3v) is 5.00. The van der Waals surface area contributed by atoms with Crippen molar-refractivity contribution in [2.45, 2.75) is 31.8 Å². The highest BCUT2D eigenvalue weighted by Crippen LogP contribution is 2.44. The predicted molar refractivity (Wildman–Crippen MR) is 75.7 cm³/mol. The molecule has 1 N–H and O–H groups in total. The zero-order valence-electron chi connectivity index (χ0n) is 10.4. The van der Waals surface area contributed by atoms with Crippen molar-refractivity contribution >= 4 is 34.5 Å². The number of aromatic nitrogens is 4. The number of rotatable bonds is 3. The average Bonchev–Trinajstić information content (AvgIpc) is 2.92. The number of fused-ring (bicyclic) bond motifs is 1. The lowest BCUT2D eigenvalue weighted by Gasteiger charge is -2.24. The summed E-state index contributed by atoms with van der Waals surface area (Å²) in [6.45, 7) is 0.585. The normalized spacial score (nSPS) is 18.6. The van der Waals surface area contributed by atoms with E-state index in [0.717, 1.165) is 33.5 Å². The number of tetrazole rings is 1. The van der Waals surface area contributed by atoms with E-state index in [9.17, 15) is 0 Å². The van der Waals surface area contributed by atoms with E-state index >= 15 is 0 Å². The smallest absolute Gasteiger partial charge is 0.188 e. The lowest BCUT2D eigenvalue weighted by atomic mass is 9.91. The molecular weight excluding hydrogens is 305 g/mol. The summed E-state index contributed by atoms with van der Waals surface area (Å²) in [6.07, 6.45) is 3.18. The van der Waals surface area contributed by atoms with Crippen molar-refractivity contribution in [1.29, 1.82) is 0 Å². The van der Waals surface area contributed by atoms with E-state index in [1.165, 1.54) is 21.7 Å². The number of halogens is 2. The van der Waals surface area contributed by atoms with Crippen LogP contribution in [0.3, 0.4) is 0 Å². The summed E-state index contributed by atoms with van der Waals surface area (Å²) in [7, 11) is 1.75. The van der Waals surface area contributed by atoms with Crippen molar-refractivity contribution in [1.82, 2.24) is 25.5 Å². The summed E-state index contributed by atoms with van der Waals surface area (Å²) in [5, 5.41) is 15.4. The van der Waals surface area contributed by atoms with Gasteiger partial charge in [0.15, 0.2) is 5.82 Å². The monoisotopic (exact) mass is 317 g/mol. The zero-order valence-corrected chi connectivity index (χ0v) is 12.7. The SMILES string of the molecule is Cn1nnc(CNC2CCCc3c(Cl)sc(Cl)c32)n1. The zero-order chi connectivity index (χ0) is 13.4. The molecule has 5 nitrogen and oxygen atoms in total. The molecule has 102 valence electrons. The molecule has 8 heteroatoms. The Morgan fingerprint density at radius 2 is 2.26 bits per heavy atom. The van der Waals surface area contributed by atoms with Gasteiger partial charge in [0.1, 0.15) is 0 Å². The van der Waals surface area contributed by atoms with Crippen LogP contribution in [0.25, 0.3) is 0 Å². The minimum atomic E-state index is 0.226. The number of thiophene rings is 1. The highest BCUT2D eigenvalue weighted by Gasteiger charge is 2.27. The van der Waals surface area contributed by atoms with Crippen molar-refractivity contribution in [3.63, 3.8) is 0 Å². The molecule has 0 aliphatic heterocycles. The molecule has 19 heavy (non-hydrogen) atoms. The second-order valence-electron chi connectivity index (χ2n) is 4.56. The van der Waals surface area contributed by atoms with Crippen LogP contribution in [0.15, 0.2) is 0 Å². The summed E-state index contributed by atoms with van der Waals surface area (Å²) < 4.78 is 1.62. The topological polar surface area (TPSA) is 55.6 Å². The van der Waals surface area contributed by atoms with Gasteiger partial charge < -0.3 is 5.32 Å². The lowest BCUT2D eigenvalue weighted by molar-refractivity contribution is 0.454. The van der Waals surface area contributed by atoms with E-state index in [1.54, 1.807) is 7.05 Å². The fraction of sp³-hybridized carbons (Fsp3) is 0.545. The molecule has 0 spiro atoms. The lowest BCUT2D eigenvalue weighted by Crippen LogP contribution is -2.25. The van der Waals surface area contributed by atoms with E-state index in [0.29, 0.717) is 12.4 Å². The maximum atomic E-state index is 6.29. The van der Waals surface area contributed by atoms with Crippen LogP contribution in [0.4, 0.5) is 0 Å². The fourth-order valence-corrected chi connectivity index (χ4v) is 4.33. The Morgan fingerprint density at radius 3 is 3.00 bits per heavy atom. The highest BCUT2D eigenvalue weighted by molar-refractivity contribution is 7.20. The standard InChI is InChI=1S/C11H13Cl2N5S/c1-18-16-8(15-17-18)5-14-7-4-2-3-6-9(7)11(13)19-10(6)12/h7,14H,2-5H2,1H3. The molecule has 2 aromatic heterocycles. The van der Waals surface area contributed by atoms with Gasteiger partial charge in [-0.2, -0.15) is 4.80 Å². The number of nitrogens with zero attached hydrogens (tertiary/aromatic N) is 4. The molecular formula is C11H13Cl2N5S. The minimum absolute atomic E-state index is 0.226. The third-order valence-electron chi connectivity index (χ3n) is 3.28. The molecule has 2 heterocycles. The van der Waals surface area contributed by atoms with E-state index in [4.69, 9.17) is 23.2 Å². The number of hydrogen-bond acceptors (Lipinski definition) is 5. The molecule has 0 radical (unpaired) electrons. The van der Waals surface area contributed by atoms with E-state index in [2.05, 4.69) is 20.7 Å². The first-order chi connectivity index (χ1) is 9.15. The Balaban J connectivity index is 1.76. The molecule has 0 bridgehead atoms. The van der Waals surface area contributed by atoms with Gasteiger partial charge in [0.05, 0.1) is 22.3 Å². The molecule has 2 aromatic rings. The summed E-state index contributed by atoms with van der Waals surface area (Å²) >= 11 is 14.0. The van der Waals surface area contributed by atoms with E-state index < -0.39 is 0 Å². The number of aryl methyl sites for hydroxylation is 1. The number of nitrogens with one attached hydrogen (secondary N) is 1. The van der Waals surface area contributed by atoms with Crippen molar-refractivity contribution in [3.05, 3.63) is 25.6 Å². The molecule has 0 saturated carbocycles. The maximum absolute atomic E-state index is 6.29. The quantitative estimate of drug-likeness (QED) is 0.945. The van der Waals surface area contributed by atoms with E-state index in [-0.39, 0.29) is 6.04 Å². The second-order valence-corrected chi connectivity index (χ2v) is 6.79. The highest BCUT2D eigenvalue weighted by atomic mass is 35.5. The van der Waals surface area contributed by atoms with Gasteiger partial charge in [0.2, 0.25) is 0 Å². The summed E-state index contributed by atoms with van der Waals surface area (Å²) in [5.74, 6) is 0.687. The van der Waals surface area contributed by atoms with Crippen LogP contribution in [0.2, 0.25) is 8.67 Å². The van der Waals surface area contributed by atoms with Gasteiger partial charge in [-0.1, -0.05) is 23.2 Å². The van der Waals surface area contributed by atoms with Gasteiger partial charge >= 0.3 is 0 Å². The van der Waals surface area contributed by atoms with Crippen LogP contribution in [-0.4, -0.2) is 20.2 Å². The molecule has 3 rings (SSSR count). The Labute approximate surface area is 124 Å². The van der Waals surface area contributed by atoms with Crippen LogP contribution in [0, 0.1) is 0 Å². The molecule has 1 atom stereocenters. The number of hydrogen-bond donors (Lipinski definition) is 1. The Kier molecular flexibility index (Phi) is 3.75. The average molecular weight is 318 g/mol. The minimum Gasteiger partial charge on any atom is -0.303 e. The maximum Gasteiger partial charge on any atom is 0.188 e. The largest absolute Gasteiger partial charge is 0.303 e. The Hall–Kier alpha value is -0.690. The van der Waals surface area contributed by atoms with Gasteiger partial charge in [-0.15, -0.1) is 21.5 Å². The molecule has 1 unspecified atom stereocenters. The third kappa shape index (κ3) is 2.63. The molecule has 1 aliphatic carbocycles. The Morgan fingerprint density at radius 1 is 1.42 bits per heavy atom. The summed E-state index contributed by atoms with van der Waals surface area (Å²) in [5.41, 5.74) is 2.36. The van der Waals surface area contributed by atoms with Gasteiger partial charge in [-0.3, -0.25) is 0 Å². The predicted octanol–water partition coefficient (Wildman–Crippen LogP) is 2.75. The van der Waals surface area contributed by atoms with Crippen molar-refractivity contribution in [3.8, 4) is 0 Å². The van der Waals surface area contributed by atoms with Crippen LogP contribution in [0.1, 0.15) is 35.8 Å². The fourth-order valence-electron chi connectivity index (χ4n) is 2.44. The van der Waals surface area contributed by atoms with Gasteiger partial charge in [0, 0.05) is 11.6 Å². The van der Waals surface area contributed by atoms with Crippen molar-refractivity contribution < 1.29 is 0 Å². The van der Waals surface area contributed by atoms with E-state index in [1.807, 2.05) is 0 Å². The molecule has 0 aromatic carbocycles.